The Hall–Kier alpha value is -2.31. The molecule has 2 aromatic rings. The van der Waals surface area contributed by atoms with E-state index in [4.69, 9.17) is 9.84 Å². The van der Waals surface area contributed by atoms with Crippen LogP contribution in [0.4, 0.5) is 13.2 Å². The van der Waals surface area contributed by atoms with Crippen LogP contribution in [0.5, 0.6) is 5.75 Å². The van der Waals surface area contributed by atoms with E-state index >= 15 is 0 Å². The van der Waals surface area contributed by atoms with Crippen molar-refractivity contribution < 1.29 is 27.8 Å². The molecular weight excluding hydrogens is 287 g/mol. The largest absolute Gasteiger partial charge is 0.490 e. The topological polar surface area (TPSA) is 59.4 Å². The molecule has 0 aliphatic rings. The van der Waals surface area contributed by atoms with Gasteiger partial charge in [-0.3, -0.25) is 4.79 Å². The van der Waals surface area contributed by atoms with Gasteiger partial charge in [0.15, 0.2) is 5.92 Å². The fourth-order valence-corrected chi connectivity index (χ4v) is 1.81. The van der Waals surface area contributed by atoms with Crippen LogP contribution in [-0.4, -0.2) is 28.8 Å². The van der Waals surface area contributed by atoms with Crippen molar-refractivity contribution in [3.63, 3.8) is 0 Å². The lowest BCUT2D eigenvalue weighted by molar-refractivity contribution is -0.198. The molecule has 0 aliphatic carbocycles. The van der Waals surface area contributed by atoms with E-state index in [1.165, 1.54) is 6.07 Å². The van der Waals surface area contributed by atoms with Gasteiger partial charge in [-0.15, -0.1) is 0 Å². The number of carbonyl (C=O) groups is 1. The van der Waals surface area contributed by atoms with E-state index in [1.54, 1.807) is 31.2 Å². The van der Waals surface area contributed by atoms with E-state index in [-0.39, 0.29) is 5.75 Å². The summed E-state index contributed by atoms with van der Waals surface area (Å²) in [5.74, 6) is -4.41. The van der Waals surface area contributed by atoms with Gasteiger partial charge in [0.05, 0.1) is 0 Å². The maximum atomic E-state index is 12.6. The van der Waals surface area contributed by atoms with Crippen LogP contribution in [0.3, 0.4) is 0 Å². The third-order valence-electron chi connectivity index (χ3n) is 2.92. The van der Waals surface area contributed by atoms with E-state index in [2.05, 4.69) is 4.98 Å². The van der Waals surface area contributed by atoms with Crippen LogP contribution in [0.15, 0.2) is 30.3 Å². The Labute approximate surface area is 118 Å². The number of para-hydroxylation sites is 1. The molecule has 4 nitrogen and oxygen atoms in total. The van der Waals surface area contributed by atoms with Gasteiger partial charge in [-0.05, 0) is 19.1 Å². The van der Waals surface area contributed by atoms with Gasteiger partial charge in [0.1, 0.15) is 17.9 Å². The Kier molecular flexibility index (Phi) is 4.02. The number of fused-ring (bicyclic) bond motifs is 1. The second-order valence-corrected chi connectivity index (χ2v) is 4.52. The number of rotatable bonds is 4. The number of hydrogen-bond donors (Lipinski definition) is 1. The summed E-state index contributed by atoms with van der Waals surface area (Å²) in [6.07, 6.45) is -4.86. The summed E-state index contributed by atoms with van der Waals surface area (Å²) >= 11 is 0. The van der Waals surface area contributed by atoms with Crippen molar-refractivity contribution in [3.05, 3.63) is 36.0 Å². The molecule has 0 spiro atoms. The van der Waals surface area contributed by atoms with Crippen LogP contribution in [0, 0.1) is 12.8 Å². The molecule has 1 aromatic carbocycles. The zero-order valence-corrected chi connectivity index (χ0v) is 11.0. The zero-order chi connectivity index (χ0) is 15.6. The number of aromatic nitrogens is 1. The second-order valence-electron chi connectivity index (χ2n) is 4.52. The lowest BCUT2D eigenvalue weighted by atomic mass is 10.1. The van der Waals surface area contributed by atoms with Crippen molar-refractivity contribution in [2.75, 3.05) is 6.61 Å². The van der Waals surface area contributed by atoms with Gasteiger partial charge in [-0.25, -0.2) is 4.98 Å². The number of benzene rings is 1. The number of pyridine rings is 1. The van der Waals surface area contributed by atoms with Crippen LogP contribution in [0.1, 0.15) is 5.69 Å². The van der Waals surface area contributed by atoms with Crippen molar-refractivity contribution in [3.8, 4) is 5.75 Å². The molecule has 0 saturated heterocycles. The fraction of sp³-hybridized carbons (Fsp3) is 0.286. The Morgan fingerprint density at radius 1 is 1.33 bits per heavy atom. The molecular formula is C14H12F3NO3. The van der Waals surface area contributed by atoms with Gasteiger partial charge in [0.25, 0.3) is 0 Å². The number of halogens is 3. The molecule has 0 amide bonds. The molecule has 1 N–H and O–H groups in total. The SMILES string of the molecule is Cc1ccc2cccc(OCC(C(=O)O)C(F)(F)F)c2n1. The van der Waals surface area contributed by atoms with E-state index < -0.39 is 24.7 Å². The minimum absolute atomic E-state index is 0.131. The van der Waals surface area contributed by atoms with E-state index in [1.807, 2.05) is 0 Å². The van der Waals surface area contributed by atoms with Crippen LogP contribution in [-0.2, 0) is 4.79 Å². The summed E-state index contributed by atoms with van der Waals surface area (Å²) < 4.78 is 42.8. The highest BCUT2D eigenvalue weighted by molar-refractivity contribution is 5.84. The molecule has 2 rings (SSSR count). The molecule has 0 aliphatic heterocycles. The van der Waals surface area contributed by atoms with Gasteiger partial charge in [0, 0.05) is 11.1 Å². The molecule has 0 radical (unpaired) electrons. The van der Waals surface area contributed by atoms with Gasteiger partial charge < -0.3 is 9.84 Å². The van der Waals surface area contributed by atoms with Crippen LogP contribution >= 0.6 is 0 Å². The Morgan fingerprint density at radius 3 is 2.67 bits per heavy atom. The van der Waals surface area contributed by atoms with Crippen LogP contribution < -0.4 is 4.74 Å². The molecule has 7 heteroatoms. The highest BCUT2D eigenvalue weighted by atomic mass is 19.4. The zero-order valence-electron chi connectivity index (χ0n) is 11.0. The van der Waals surface area contributed by atoms with E-state index in [0.29, 0.717) is 16.6 Å². The number of nitrogens with zero attached hydrogens (tertiary/aromatic N) is 1. The number of hydrogen-bond acceptors (Lipinski definition) is 3. The average molecular weight is 299 g/mol. The lowest BCUT2D eigenvalue weighted by Crippen LogP contribution is -2.35. The number of aryl methyl sites for hydroxylation is 1. The summed E-state index contributed by atoms with van der Waals surface area (Å²) in [6.45, 7) is 0.750. The first kappa shape index (κ1) is 15.1. The maximum absolute atomic E-state index is 12.6. The molecule has 1 unspecified atom stereocenters. The molecule has 1 heterocycles. The predicted molar refractivity (Wildman–Crippen MR) is 69.2 cm³/mol. The molecule has 0 bridgehead atoms. The molecule has 21 heavy (non-hydrogen) atoms. The molecule has 0 saturated carbocycles. The maximum Gasteiger partial charge on any atom is 0.405 e. The normalized spacial score (nSPS) is 13.1. The smallest absolute Gasteiger partial charge is 0.405 e. The first-order valence-electron chi connectivity index (χ1n) is 6.07. The molecule has 0 fully saturated rings. The minimum Gasteiger partial charge on any atom is -0.490 e. The van der Waals surface area contributed by atoms with E-state index in [9.17, 15) is 18.0 Å². The highest BCUT2D eigenvalue weighted by Crippen LogP contribution is 2.29. The summed E-state index contributed by atoms with van der Waals surface area (Å²) in [7, 11) is 0. The third kappa shape index (κ3) is 3.42. The van der Waals surface area contributed by atoms with Crippen molar-refractivity contribution >= 4 is 16.9 Å². The van der Waals surface area contributed by atoms with E-state index in [0.717, 1.165) is 0 Å². The minimum atomic E-state index is -4.86. The lowest BCUT2D eigenvalue weighted by Gasteiger charge is -2.17. The van der Waals surface area contributed by atoms with Crippen molar-refractivity contribution in [2.24, 2.45) is 5.92 Å². The van der Waals surface area contributed by atoms with Gasteiger partial charge in [-0.2, -0.15) is 13.2 Å². The fourth-order valence-electron chi connectivity index (χ4n) is 1.81. The average Bonchev–Trinajstić information content (AvgIpc) is 2.37. The number of carboxylic acids is 1. The number of aliphatic carboxylic acids is 1. The Bertz CT molecular complexity index is 670. The van der Waals surface area contributed by atoms with Crippen molar-refractivity contribution in [1.29, 1.82) is 0 Å². The first-order valence-corrected chi connectivity index (χ1v) is 6.07. The quantitative estimate of drug-likeness (QED) is 0.942. The molecule has 1 atom stereocenters. The summed E-state index contributed by atoms with van der Waals surface area (Å²) in [4.78, 5) is 14.9. The first-order chi connectivity index (χ1) is 9.79. The summed E-state index contributed by atoms with van der Waals surface area (Å²) in [6, 6.07) is 8.35. The molecule has 112 valence electrons. The van der Waals surface area contributed by atoms with Crippen LogP contribution in [0.2, 0.25) is 0 Å². The Balaban J connectivity index is 2.28. The van der Waals surface area contributed by atoms with Crippen molar-refractivity contribution in [2.45, 2.75) is 13.1 Å². The van der Waals surface area contributed by atoms with Crippen LogP contribution in [0.25, 0.3) is 10.9 Å². The standard InChI is InChI=1S/C14H12F3NO3/c1-8-5-6-9-3-2-4-11(12(9)18-8)21-7-10(13(19)20)14(15,16)17/h2-6,10H,7H2,1H3,(H,19,20). The molecule has 1 aromatic heterocycles. The second kappa shape index (κ2) is 5.59. The number of alkyl halides is 3. The summed E-state index contributed by atoms with van der Waals surface area (Å²) in [5.41, 5.74) is 1.09. The third-order valence-corrected chi connectivity index (χ3v) is 2.92. The number of carboxylic acid groups (broad SMARTS) is 1. The van der Waals surface area contributed by atoms with Crippen molar-refractivity contribution in [1.82, 2.24) is 4.98 Å². The number of ether oxygens (including phenoxy) is 1. The van der Waals surface area contributed by atoms with Gasteiger partial charge in [-0.1, -0.05) is 18.2 Å². The Morgan fingerprint density at radius 2 is 2.05 bits per heavy atom. The van der Waals surface area contributed by atoms with Gasteiger partial charge in [0.2, 0.25) is 0 Å². The highest BCUT2D eigenvalue weighted by Gasteiger charge is 2.45. The predicted octanol–water partition coefficient (Wildman–Crippen LogP) is 3.19. The van der Waals surface area contributed by atoms with Gasteiger partial charge >= 0.3 is 12.1 Å². The summed E-state index contributed by atoms with van der Waals surface area (Å²) in [5, 5.41) is 9.33. The monoisotopic (exact) mass is 299 g/mol.